The quantitative estimate of drug-likeness (QED) is 0.236. The number of fused-ring (bicyclic) bond motifs is 1. The average Bonchev–Trinajstić information content (AvgIpc) is 2.96. The van der Waals surface area contributed by atoms with Gasteiger partial charge in [0.05, 0.1) is 24.9 Å². The van der Waals surface area contributed by atoms with Gasteiger partial charge in [0, 0.05) is 41.4 Å². The third-order valence-electron chi connectivity index (χ3n) is 6.83. The minimum atomic E-state index is -1.12. The van der Waals surface area contributed by atoms with Crippen LogP contribution in [0.1, 0.15) is 24.6 Å². The van der Waals surface area contributed by atoms with Crippen LogP contribution < -0.4 is 10.9 Å². The normalized spacial score (nSPS) is 17.2. The number of nitrogens with one attached hydrogen (secondary N) is 1. The molecule has 2 N–H and O–H groups in total. The van der Waals surface area contributed by atoms with Crippen molar-refractivity contribution in [2.45, 2.75) is 50.7 Å². The third kappa shape index (κ3) is 6.01. The Hall–Kier alpha value is -3.80. The number of aryl methyl sites for hydroxylation is 3. The lowest BCUT2D eigenvalue weighted by atomic mass is 9.95. The molecule has 208 valence electrons. The van der Waals surface area contributed by atoms with Gasteiger partial charge in [0.25, 0.3) is 5.56 Å². The molecule has 0 unspecified atom stereocenters. The van der Waals surface area contributed by atoms with Gasteiger partial charge in [-0.25, -0.2) is 14.8 Å². The molecule has 0 spiro atoms. The maximum absolute atomic E-state index is 14.0. The number of hydrogen-bond acceptors (Lipinski definition) is 8. The van der Waals surface area contributed by atoms with Crippen molar-refractivity contribution in [1.29, 1.82) is 0 Å². The molecule has 0 saturated carbocycles. The highest BCUT2D eigenvalue weighted by molar-refractivity contribution is 7.98. The Balaban J connectivity index is 1.50. The molecular formula is C29H31N5O5S. The summed E-state index contributed by atoms with van der Waals surface area (Å²) in [4.78, 5) is 38.7. The van der Waals surface area contributed by atoms with E-state index >= 15 is 0 Å². The van der Waals surface area contributed by atoms with Crippen LogP contribution in [0.2, 0.25) is 0 Å². The summed E-state index contributed by atoms with van der Waals surface area (Å²) >= 11 is 1.41. The first kappa shape index (κ1) is 27.8. The molecule has 1 aliphatic rings. The van der Waals surface area contributed by atoms with Crippen molar-refractivity contribution in [3.05, 3.63) is 70.3 Å². The van der Waals surface area contributed by atoms with Gasteiger partial charge in [-0.2, -0.15) is 0 Å². The highest BCUT2D eigenvalue weighted by Crippen LogP contribution is 2.29. The summed E-state index contributed by atoms with van der Waals surface area (Å²) in [7, 11) is 0. The monoisotopic (exact) mass is 561 g/mol. The van der Waals surface area contributed by atoms with Crippen LogP contribution in [0.5, 0.6) is 0 Å². The molecule has 1 fully saturated rings. The topological polar surface area (TPSA) is 128 Å². The van der Waals surface area contributed by atoms with Crippen LogP contribution in [0.15, 0.2) is 58.6 Å². The SMILES string of the molecule is CCc1cc(-c2cccc(C)n2)ccc1-c1cc2cnc(SC)nc2n(CC[C@H]2OC[C@@H](NC(=O)O)CO2)c1=O. The standard InChI is InChI=1S/C29H31N5O5S/c1-4-18-12-19(24-7-5-6-17(2)31-24)8-9-22(18)23-13-20-14-30-28(40-3)33-26(20)34(27(23)35)11-10-25-38-15-21(16-39-25)32-29(36)37/h5-9,12-14,21,25,32H,4,10-11,15-16H2,1-3H3,(H,36,37)/t21-,25+. The lowest BCUT2D eigenvalue weighted by Crippen LogP contribution is -2.46. The number of pyridine rings is 2. The maximum Gasteiger partial charge on any atom is 0.405 e. The van der Waals surface area contributed by atoms with Gasteiger partial charge in [-0.1, -0.05) is 36.9 Å². The lowest BCUT2D eigenvalue weighted by Gasteiger charge is -2.29. The third-order valence-corrected chi connectivity index (χ3v) is 7.39. The number of ether oxygens (including phenoxy) is 2. The van der Waals surface area contributed by atoms with Crippen molar-refractivity contribution in [2.24, 2.45) is 0 Å². The van der Waals surface area contributed by atoms with E-state index in [4.69, 9.17) is 14.6 Å². The van der Waals surface area contributed by atoms with E-state index in [-0.39, 0.29) is 18.8 Å². The van der Waals surface area contributed by atoms with Crippen molar-refractivity contribution in [3.63, 3.8) is 0 Å². The first-order valence-electron chi connectivity index (χ1n) is 13.1. The van der Waals surface area contributed by atoms with Gasteiger partial charge in [0.15, 0.2) is 11.4 Å². The van der Waals surface area contributed by atoms with E-state index in [9.17, 15) is 9.59 Å². The Morgan fingerprint density at radius 1 is 1.15 bits per heavy atom. The minimum Gasteiger partial charge on any atom is -0.465 e. The van der Waals surface area contributed by atoms with E-state index < -0.39 is 18.4 Å². The van der Waals surface area contributed by atoms with Gasteiger partial charge >= 0.3 is 6.09 Å². The predicted molar refractivity (Wildman–Crippen MR) is 154 cm³/mol. The number of amides is 1. The molecule has 40 heavy (non-hydrogen) atoms. The van der Waals surface area contributed by atoms with Crippen LogP contribution in [0.3, 0.4) is 0 Å². The summed E-state index contributed by atoms with van der Waals surface area (Å²) in [6.07, 6.45) is 3.09. The Kier molecular flexibility index (Phi) is 8.43. The molecule has 1 saturated heterocycles. The van der Waals surface area contributed by atoms with E-state index in [1.54, 1.807) is 10.8 Å². The van der Waals surface area contributed by atoms with E-state index in [1.165, 1.54) is 11.8 Å². The van der Waals surface area contributed by atoms with Crippen LogP contribution in [-0.2, 0) is 22.4 Å². The van der Waals surface area contributed by atoms with Crippen molar-refractivity contribution in [1.82, 2.24) is 24.8 Å². The molecular weight excluding hydrogens is 530 g/mol. The molecule has 0 aliphatic carbocycles. The molecule has 4 aromatic rings. The van der Waals surface area contributed by atoms with Crippen molar-refractivity contribution in [3.8, 4) is 22.4 Å². The summed E-state index contributed by atoms with van der Waals surface area (Å²) < 4.78 is 13.1. The summed E-state index contributed by atoms with van der Waals surface area (Å²) in [5, 5.41) is 12.6. The van der Waals surface area contributed by atoms with Crippen molar-refractivity contribution < 1.29 is 19.4 Å². The summed E-state index contributed by atoms with van der Waals surface area (Å²) in [5.41, 5.74) is 5.71. The second-order valence-corrected chi connectivity index (χ2v) is 10.3. The number of carbonyl (C=O) groups is 1. The van der Waals surface area contributed by atoms with Gasteiger partial charge in [0.2, 0.25) is 0 Å². The second-order valence-electron chi connectivity index (χ2n) is 9.57. The Morgan fingerprint density at radius 3 is 2.65 bits per heavy atom. The summed E-state index contributed by atoms with van der Waals surface area (Å²) in [5.74, 6) is 0. The molecule has 0 atom stereocenters. The zero-order valence-corrected chi connectivity index (χ0v) is 23.4. The van der Waals surface area contributed by atoms with Crippen molar-refractivity contribution in [2.75, 3.05) is 19.5 Å². The van der Waals surface area contributed by atoms with E-state index in [0.29, 0.717) is 29.3 Å². The van der Waals surface area contributed by atoms with Crippen LogP contribution in [0.25, 0.3) is 33.4 Å². The van der Waals surface area contributed by atoms with Gasteiger partial charge < -0.3 is 19.9 Å². The molecule has 0 bridgehead atoms. The smallest absolute Gasteiger partial charge is 0.405 e. The Labute approximate surface area is 235 Å². The van der Waals surface area contributed by atoms with Gasteiger partial charge in [-0.15, -0.1) is 0 Å². The number of benzene rings is 1. The van der Waals surface area contributed by atoms with Gasteiger partial charge in [-0.3, -0.25) is 14.3 Å². The van der Waals surface area contributed by atoms with E-state index in [0.717, 1.165) is 39.9 Å². The second kappa shape index (κ2) is 12.2. The number of hydrogen-bond donors (Lipinski definition) is 2. The largest absolute Gasteiger partial charge is 0.465 e. The predicted octanol–water partition coefficient (Wildman–Crippen LogP) is 4.51. The number of carboxylic acid groups (broad SMARTS) is 1. The lowest BCUT2D eigenvalue weighted by molar-refractivity contribution is -0.192. The van der Waals surface area contributed by atoms with E-state index in [1.807, 2.05) is 49.6 Å². The molecule has 0 radical (unpaired) electrons. The van der Waals surface area contributed by atoms with E-state index in [2.05, 4.69) is 33.3 Å². The molecule has 5 rings (SSSR count). The van der Waals surface area contributed by atoms with Gasteiger partial charge in [-0.05, 0) is 55.0 Å². The van der Waals surface area contributed by atoms with Crippen LogP contribution >= 0.6 is 11.8 Å². The molecule has 11 heteroatoms. The molecule has 1 aliphatic heterocycles. The molecule has 10 nitrogen and oxygen atoms in total. The molecule has 4 heterocycles. The zero-order chi connectivity index (χ0) is 28.2. The van der Waals surface area contributed by atoms with Gasteiger partial charge in [0.1, 0.15) is 5.65 Å². The average molecular weight is 562 g/mol. The first-order valence-corrected chi connectivity index (χ1v) is 14.3. The highest BCUT2D eigenvalue weighted by atomic mass is 32.2. The summed E-state index contributed by atoms with van der Waals surface area (Å²) in [6.45, 7) is 4.75. The number of aromatic nitrogens is 4. The number of nitrogens with zero attached hydrogens (tertiary/aromatic N) is 4. The maximum atomic E-state index is 14.0. The molecule has 1 aromatic carbocycles. The number of rotatable bonds is 8. The number of thioether (sulfide) groups is 1. The highest BCUT2D eigenvalue weighted by Gasteiger charge is 2.24. The fraction of sp³-hybridized carbons (Fsp3) is 0.345. The van der Waals surface area contributed by atoms with Crippen molar-refractivity contribution >= 4 is 28.9 Å². The molecule has 3 aromatic heterocycles. The van der Waals surface area contributed by atoms with Crippen LogP contribution in [0, 0.1) is 6.92 Å². The fourth-order valence-electron chi connectivity index (χ4n) is 4.86. The Bertz CT molecular complexity index is 1600. The molecule has 1 amide bonds. The first-order chi connectivity index (χ1) is 19.4. The van der Waals surface area contributed by atoms with Crippen LogP contribution in [-0.4, -0.2) is 62.5 Å². The Morgan fingerprint density at radius 2 is 1.95 bits per heavy atom. The fourth-order valence-corrected chi connectivity index (χ4v) is 5.19. The van der Waals surface area contributed by atoms with Crippen LogP contribution in [0.4, 0.5) is 4.79 Å². The summed E-state index contributed by atoms with van der Waals surface area (Å²) in [6, 6.07) is 13.5. The zero-order valence-electron chi connectivity index (χ0n) is 22.6. The minimum absolute atomic E-state index is 0.157.